The Kier molecular flexibility index (Phi) is 4.70. The first-order chi connectivity index (χ1) is 10.4. The molecule has 2 heterocycles. The Balaban J connectivity index is 0.00000144. The Morgan fingerprint density at radius 2 is 1.32 bits per heavy atom. The Hall–Kier alpha value is -1.51. The molecule has 1 aliphatic heterocycles. The lowest BCUT2D eigenvalue weighted by molar-refractivity contribution is -0.905. The summed E-state index contributed by atoms with van der Waals surface area (Å²) in [7, 11) is 0. The molecule has 1 fully saturated rings. The lowest BCUT2D eigenvalue weighted by atomic mass is 10.1. The molecular weight excluding hydrogens is 292 g/mol. The van der Waals surface area contributed by atoms with Crippen LogP contribution in [0, 0.1) is 0 Å². The van der Waals surface area contributed by atoms with Crippen LogP contribution in [0.5, 0.6) is 0 Å². The van der Waals surface area contributed by atoms with Crippen LogP contribution in [0.15, 0.2) is 48.5 Å². The number of hydrogen-bond acceptors (Lipinski definition) is 0. The predicted octanol–water partition coefficient (Wildman–Crippen LogP) is -0.133. The highest BCUT2D eigenvalue weighted by Crippen LogP contribution is 2.28. The summed E-state index contributed by atoms with van der Waals surface area (Å²) in [4.78, 5) is 1.78. The number of para-hydroxylation sites is 2. The molecule has 0 atom stereocenters. The molecule has 2 nitrogen and oxygen atoms in total. The summed E-state index contributed by atoms with van der Waals surface area (Å²) in [6, 6.07) is 17.6. The molecule has 0 radical (unpaired) electrons. The van der Waals surface area contributed by atoms with Crippen LogP contribution < -0.4 is 17.3 Å². The molecule has 116 valence electrons. The molecule has 0 saturated carbocycles. The highest BCUT2D eigenvalue weighted by Gasteiger charge is 2.15. The van der Waals surface area contributed by atoms with E-state index in [0.29, 0.717) is 0 Å². The van der Waals surface area contributed by atoms with Crippen molar-refractivity contribution < 1.29 is 17.3 Å². The third-order valence-corrected chi connectivity index (χ3v) is 4.93. The molecule has 2 aromatic carbocycles. The van der Waals surface area contributed by atoms with Crippen molar-refractivity contribution in [3.05, 3.63) is 48.5 Å². The topological polar surface area (TPSA) is 9.37 Å². The van der Waals surface area contributed by atoms with Gasteiger partial charge < -0.3 is 21.9 Å². The van der Waals surface area contributed by atoms with Gasteiger partial charge in [-0.25, -0.2) is 0 Å². The fraction of sp³-hybridized carbons (Fsp3) is 0.368. The summed E-state index contributed by atoms with van der Waals surface area (Å²) in [6.45, 7) is 5.10. The molecule has 0 aliphatic carbocycles. The van der Waals surface area contributed by atoms with E-state index in [1.807, 2.05) is 0 Å². The van der Waals surface area contributed by atoms with Gasteiger partial charge in [0.25, 0.3) is 0 Å². The number of nitrogens with zero attached hydrogens (tertiary/aromatic N) is 1. The number of halogens is 1. The standard InChI is InChI=1S/C19H22N2.ClH/c1-6-12-20(13-7-1)14-15-21-18-10-4-2-8-16(18)17-9-3-5-11-19(17)21;/h2-5,8-11H,1,6-7,12-15H2;1H. The van der Waals surface area contributed by atoms with Crippen LogP contribution in [0.3, 0.4) is 0 Å². The van der Waals surface area contributed by atoms with E-state index in [-0.39, 0.29) is 12.4 Å². The van der Waals surface area contributed by atoms with Crippen LogP contribution in [-0.2, 0) is 6.54 Å². The third kappa shape index (κ3) is 2.73. The first-order valence-electron chi connectivity index (χ1n) is 8.23. The van der Waals surface area contributed by atoms with Crippen molar-refractivity contribution in [1.82, 2.24) is 4.57 Å². The van der Waals surface area contributed by atoms with E-state index < -0.39 is 0 Å². The van der Waals surface area contributed by atoms with Gasteiger partial charge in [0.05, 0.1) is 26.2 Å². The van der Waals surface area contributed by atoms with Gasteiger partial charge >= 0.3 is 0 Å². The molecule has 1 N–H and O–H groups in total. The molecule has 0 unspecified atom stereocenters. The summed E-state index contributed by atoms with van der Waals surface area (Å²) < 4.78 is 2.52. The Morgan fingerprint density at radius 3 is 1.91 bits per heavy atom. The van der Waals surface area contributed by atoms with E-state index >= 15 is 0 Å². The van der Waals surface area contributed by atoms with E-state index in [1.165, 1.54) is 60.7 Å². The van der Waals surface area contributed by atoms with Gasteiger partial charge in [-0.05, 0) is 31.4 Å². The first-order valence-corrected chi connectivity index (χ1v) is 8.23. The molecule has 0 amide bonds. The fourth-order valence-corrected chi connectivity index (χ4v) is 3.82. The SMILES string of the molecule is [Cl-].c1ccc2c(c1)c1ccccc1n2CC[NH+]1CCCCC1. The van der Waals surface area contributed by atoms with Gasteiger partial charge in [-0.15, -0.1) is 0 Å². The van der Waals surface area contributed by atoms with Crippen LogP contribution in [0.2, 0.25) is 0 Å². The number of aromatic nitrogens is 1. The minimum atomic E-state index is 0. The van der Waals surface area contributed by atoms with Crippen molar-refractivity contribution in [1.29, 1.82) is 0 Å². The Bertz CT molecular complexity index is 703. The van der Waals surface area contributed by atoms with Gasteiger partial charge in [-0.2, -0.15) is 0 Å². The number of rotatable bonds is 3. The zero-order valence-electron chi connectivity index (χ0n) is 12.9. The molecule has 0 spiro atoms. The van der Waals surface area contributed by atoms with Crippen molar-refractivity contribution in [2.45, 2.75) is 25.8 Å². The first kappa shape index (κ1) is 15.4. The molecule has 3 aromatic rings. The highest BCUT2D eigenvalue weighted by atomic mass is 35.5. The van der Waals surface area contributed by atoms with E-state index in [1.54, 1.807) is 4.90 Å². The van der Waals surface area contributed by atoms with E-state index in [2.05, 4.69) is 53.1 Å². The molecular formula is C19H23ClN2. The van der Waals surface area contributed by atoms with Crippen molar-refractivity contribution in [3.8, 4) is 0 Å². The van der Waals surface area contributed by atoms with E-state index in [4.69, 9.17) is 0 Å². The summed E-state index contributed by atoms with van der Waals surface area (Å²) in [5.74, 6) is 0. The van der Waals surface area contributed by atoms with Gasteiger partial charge in [0.2, 0.25) is 0 Å². The Morgan fingerprint density at radius 1 is 0.773 bits per heavy atom. The number of quaternary nitrogens is 1. The largest absolute Gasteiger partial charge is 1.00 e. The highest BCUT2D eigenvalue weighted by molar-refractivity contribution is 6.07. The molecule has 4 rings (SSSR count). The zero-order valence-corrected chi connectivity index (χ0v) is 13.6. The maximum absolute atomic E-state index is 2.52. The summed E-state index contributed by atoms with van der Waals surface area (Å²) in [5.41, 5.74) is 2.77. The van der Waals surface area contributed by atoms with Gasteiger partial charge in [-0.3, -0.25) is 0 Å². The third-order valence-electron chi connectivity index (χ3n) is 4.93. The number of nitrogens with one attached hydrogen (secondary N) is 1. The van der Waals surface area contributed by atoms with Gasteiger partial charge in [0, 0.05) is 21.8 Å². The average molecular weight is 315 g/mol. The molecule has 22 heavy (non-hydrogen) atoms. The molecule has 1 aromatic heterocycles. The number of hydrogen-bond donors (Lipinski definition) is 1. The Labute approximate surface area is 138 Å². The fourth-order valence-electron chi connectivity index (χ4n) is 3.82. The van der Waals surface area contributed by atoms with Crippen LogP contribution in [-0.4, -0.2) is 24.2 Å². The monoisotopic (exact) mass is 314 g/mol. The number of likely N-dealkylation sites (tertiary alicyclic amines) is 1. The number of piperidine rings is 1. The van der Waals surface area contributed by atoms with Crippen molar-refractivity contribution >= 4 is 21.8 Å². The van der Waals surface area contributed by atoms with Crippen molar-refractivity contribution in [3.63, 3.8) is 0 Å². The maximum Gasteiger partial charge on any atom is 0.0953 e. The minimum Gasteiger partial charge on any atom is -1.00 e. The quantitative estimate of drug-likeness (QED) is 0.690. The molecule has 3 heteroatoms. The van der Waals surface area contributed by atoms with Crippen LogP contribution in [0.25, 0.3) is 21.8 Å². The predicted molar refractivity (Wildman–Crippen MR) is 88.9 cm³/mol. The van der Waals surface area contributed by atoms with Crippen LogP contribution >= 0.6 is 0 Å². The van der Waals surface area contributed by atoms with Crippen molar-refractivity contribution in [2.24, 2.45) is 0 Å². The molecule has 1 aliphatic rings. The summed E-state index contributed by atoms with van der Waals surface area (Å²) in [6.07, 6.45) is 4.24. The van der Waals surface area contributed by atoms with Crippen LogP contribution in [0.4, 0.5) is 0 Å². The second-order valence-electron chi connectivity index (χ2n) is 6.25. The van der Waals surface area contributed by atoms with Crippen molar-refractivity contribution in [2.75, 3.05) is 19.6 Å². The minimum absolute atomic E-state index is 0. The summed E-state index contributed by atoms with van der Waals surface area (Å²) in [5, 5.41) is 2.78. The average Bonchev–Trinajstić information content (AvgIpc) is 2.88. The maximum atomic E-state index is 2.52. The van der Waals surface area contributed by atoms with E-state index in [0.717, 1.165) is 6.54 Å². The zero-order chi connectivity index (χ0) is 14.1. The van der Waals surface area contributed by atoms with E-state index in [9.17, 15) is 0 Å². The number of fused-ring (bicyclic) bond motifs is 3. The normalized spacial score (nSPS) is 16.0. The molecule has 1 saturated heterocycles. The summed E-state index contributed by atoms with van der Waals surface area (Å²) >= 11 is 0. The second-order valence-corrected chi connectivity index (χ2v) is 6.25. The second kappa shape index (κ2) is 6.72. The number of benzene rings is 2. The van der Waals surface area contributed by atoms with Crippen LogP contribution in [0.1, 0.15) is 19.3 Å². The lowest BCUT2D eigenvalue weighted by Crippen LogP contribution is -3.13. The lowest BCUT2D eigenvalue weighted by Gasteiger charge is -2.24. The van der Waals surface area contributed by atoms with Gasteiger partial charge in [-0.1, -0.05) is 36.4 Å². The van der Waals surface area contributed by atoms with Gasteiger partial charge in [0.1, 0.15) is 0 Å². The van der Waals surface area contributed by atoms with Gasteiger partial charge in [0.15, 0.2) is 0 Å². The smallest absolute Gasteiger partial charge is 0.0953 e. The molecule has 0 bridgehead atoms.